The molecule has 0 saturated carbocycles. The SMILES string of the molecule is CC(C)C(C)(C)CC(C)(C)c1cn(C(C)(C)CC(C)(C)C(C)C)nn1. The van der Waals surface area contributed by atoms with Crippen LogP contribution in [-0.2, 0) is 11.0 Å². The first-order valence-electron chi connectivity index (χ1n) is 9.95. The Labute approximate surface area is 157 Å². The van der Waals surface area contributed by atoms with Gasteiger partial charge in [0.05, 0.1) is 11.2 Å². The lowest BCUT2D eigenvalue weighted by atomic mass is 9.68. The molecule has 0 radical (unpaired) electrons. The molecule has 1 heterocycles. The number of hydrogen-bond acceptors (Lipinski definition) is 2. The minimum atomic E-state index is -0.0390. The third-order valence-electron chi connectivity index (χ3n) is 6.72. The Balaban J connectivity index is 3.05. The summed E-state index contributed by atoms with van der Waals surface area (Å²) in [6.45, 7) is 27.8. The van der Waals surface area contributed by atoms with E-state index < -0.39 is 0 Å². The van der Waals surface area contributed by atoms with Gasteiger partial charge >= 0.3 is 0 Å². The minimum absolute atomic E-state index is 0.0235. The summed E-state index contributed by atoms with van der Waals surface area (Å²) in [6, 6.07) is 0. The maximum atomic E-state index is 4.59. The monoisotopic (exact) mass is 349 g/mol. The van der Waals surface area contributed by atoms with E-state index >= 15 is 0 Å². The molecule has 0 unspecified atom stereocenters. The summed E-state index contributed by atoms with van der Waals surface area (Å²) in [5.74, 6) is 1.28. The maximum Gasteiger partial charge on any atom is 0.0883 e. The molecule has 0 aromatic carbocycles. The Morgan fingerprint density at radius 3 is 1.68 bits per heavy atom. The van der Waals surface area contributed by atoms with Gasteiger partial charge in [0.25, 0.3) is 0 Å². The molecule has 3 heteroatoms. The van der Waals surface area contributed by atoms with Gasteiger partial charge < -0.3 is 0 Å². The van der Waals surface area contributed by atoms with Gasteiger partial charge in [-0.05, 0) is 49.4 Å². The molecular formula is C22H43N3. The molecule has 1 rings (SSSR count). The van der Waals surface area contributed by atoms with Gasteiger partial charge in [-0.2, -0.15) is 0 Å². The van der Waals surface area contributed by atoms with Crippen LogP contribution >= 0.6 is 0 Å². The third-order valence-corrected chi connectivity index (χ3v) is 6.72. The van der Waals surface area contributed by atoms with Crippen LogP contribution in [0.1, 0.15) is 102 Å². The molecule has 0 aliphatic carbocycles. The lowest BCUT2D eigenvalue weighted by molar-refractivity contribution is 0.132. The molecule has 146 valence electrons. The second kappa shape index (κ2) is 7.04. The van der Waals surface area contributed by atoms with Crippen molar-refractivity contribution in [2.45, 2.75) is 107 Å². The van der Waals surface area contributed by atoms with E-state index in [1.165, 1.54) is 0 Å². The van der Waals surface area contributed by atoms with E-state index in [0.717, 1.165) is 18.5 Å². The summed E-state index contributed by atoms with van der Waals surface area (Å²) in [5, 5.41) is 9.12. The molecule has 0 spiro atoms. The van der Waals surface area contributed by atoms with Crippen LogP contribution in [0.3, 0.4) is 0 Å². The molecule has 0 atom stereocenters. The molecule has 0 saturated heterocycles. The topological polar surface area (TPSA) is 30.7 Å². The van der Waals surface area contributed by atoms with Gasteiger partial charge in [0.2, 0.25) is 0 Å². The van der Waals surface area contributed by atoms with Crippen LogP contribution in [0.2, 0.25) is 0 Å². The Kier molecular flexibility index (Phi) is 6.25. The van der Waals surface area contributed by atoms with E-state index in [9.17, 15) is 0 Å². The zero-order valence-electron chi connectivity index (χ0n) is 19.0. The molecular weight excluding hydrogens is 306 g/mol. The molecule has 0 fully saturated rings. The van der Waals surface area contributed by atoms with E-state index in [0.29, 0.717) is 11.8 Å². The molecule has 1 aromatic heterocycles. The van der Waals surface area contributed by atoms with E-state index in [-0.39, 0.29) is 21.8 Å². The van der Waals surface area contributed by atoms with E-state index in [1.807, 2.05) is 0 Å². The zero-order valence-corrected chi connectivity index (χ0v) is 19.0. The van der Waals surface area contributed by atoms with Crippen LogP contribution in [0.15, 0.2) is 6.20 Å². The predicted molar refractivity (Wildman–Crippen MR) is 109 cm³/mol. The van der Waals surface area contributed by atoms with Crippen molar-refractivity contribution in [3.8, 4) is 0 Å². The summed E-state index contributed by atoms with van der Waals surface area (Å²) in [6.07, 6.45) is 4.37. The molecule has 0 aliphatic heterocycles. The molecule has 0 bridgehead atoms. The van der Waals surface area contributed by atoms with Gasteiger partial charge in [-0.15, -0.1) is 5.10 Å². The molecule has 0 aliphatic rings. The summed E-state index contributed by atoms with van der Waals surface area (Å²) in [7, 11) is 0. The zero-order chi connectivity index (χ0) is 19.8. The van der Waals surface area contributed by atoms with Crippen LogP contribution < -0.4 is 0 Å². The number of nitrogens with zero attached hydrogens (tertiary/aromatic N) is 3. The normalized spacial score (nSPS) is 14.6. The lowest BCUT2D eigenvalue weighted by Gasteiger charge is -2.38. The van der Waals surface area contributed by atoms with Crippen molar-refractivity contribution in [3.05, 3.63) is 11.9 Å². The van der Waals surface area contributed by atoms with Crippen LogP contribution in [0.4, 0.5) is 0 Å². The van der Waals surface area contributed by atoms with Crippen molar-refractivity contribution in [3.63, 3.8) is 0 Å². The van der Waals surface area contributed by atoms with Gasteiger partial charge in [-0.3, -0.25) is 0 Å². The van der Waals surface area contributed by atoms with Gasteiger partial charge in [0.15, 0.2) is 0 Å². The Bertz CT molecular complexity index is 511. The highest BCUT2D eigenvalue weighted by Gasteiger charge is 2.37. The van der Waals surface area contributed by atoms with Gasteiger partial charge in [0, 0.05) is 11.6 Å². The Morgan fingerprint density at radius 2 is 1.24 bits per heavy atom. The second-order valence-electron chi connectivity index (χ2n) is 11.4. The first kappa shape index (κ1) is 22.2. The smallest absolute Gasteiger partial charge is 0.0883 e. The van der Waals surface area contributed by atoms with Crippen molar-refractivity contribution in [2.24, 2.45) is 22.7 Å². The van der Waals surface area contributed by atoms with Crippen molar-refractivity contribution in [1.29, 1.82) is 0 Å². The fourth-order valence-corrected chi connectivity index (χ4v) is 3.70. The highest BCUT2D eigenvalue weighted by molar-refractivity contribution is 5.11. The maximum absolute atomic E-state index is 4.59. The minimum Gasteiger partial charge on any atom is -0.247 e. The first-order chi connectivity index (χ1) is 11.0. The molecule has 25 heavy (non-hydrogen) atoms. The van der Waals surface area contributed by atoms with Crippen LogP contribution in [-0.4, -0.2) is 15.0 Å². The number of rotatable bonds is 8. The average molecular weight is 350 g/mol. The van der Waals surface area contributed by atoms with Crippen LogP contribution in [0.5, 0.6) is 0 Å². The molecule has 0 N–H and O–H groups in total. The molecule has 3 nitrogen and oxygen atoms in total. The fraction of sp³-hybridized carbons (Fsp3) is 0.909. The lowest BCUT2D eigenvalue weighted by Crippen LogP contribution is -2.35. The van der Waals surface area contributed by atoms with E-state index in [1.54, 1.807) is 0 Å². The van der Waals surface area contributed by atoms with Crippen molar-refractivity contribution < 1.29 is 0 Å². The van der Waals surface area contributed by atoms with E-state index in [4.69, 9.17) is 0 Å². The second-order valence-corrected chi connectivity index (χ2v) is 11.4. The van der Waals surface area contributed by atoms with Gasteiger partial charge in [-0.25, -0.2) is 4.68 Å². The fourth-order valence-electron chi connectivity index (χ4n) is 3.70. The summed E-state index contributed by atoms with van der Waals surface area (Å²) >= 11 is 0. The third kappa shape index (κ3) is 5.31. The van der Waals surface area contributed by atoms with Crippen LogP contribution in [0, 0.1) is 22.7 Å². The van der Waals surface area contributed by atoms with Gasteiger partial charge in [-0.1, -0.05) is 74.5 Å². The number of hydrogen-bond donors (Lipinski definition) is 0. The Morgan fingerprint density at radius 1 is 0.800 bits per heavy atom. The van der Waals surface area contributed by atoms with Gasteiger partial charge in [0.1, 0.15) is 0 Å². The summed E-state index contributed by atoms with van der Waals surface area (Å²) < 4.78 is 2.09. The number of aromatic nitrogens is 3. The highest BCUT2D eigenvalue weighted by Crippen LogP contribution is 2.41. The standard InChI is InChI=1S/C22H43N3/c1-16(2)19(5,6)14-21(9,10)18-13-25(24-23-18)22(11,12)15-20(7,8)17(3)4/h13,16-17H,14-15H2,1-12H3. The van der Waals surface area contributed by atoms with Crippen molar-refractivity contribution in [2.75, 3.05) is 0 Å². The van der Waals surface area contributed by atoms with Crippen molar-refractivity contribution >= 4 is 0 Å². The van der Waals surface area contributed by atoms with Crippen molar-refractivity contribution in [1.82, 2.24) is 15.0 Å². The predicted octanol–water partition coefficient (Wildman–Crippen LogP) is 6.44. The molecule has 0 amide bonds. The quantitative estimate of drug-likeness (QED) is 0.541. The molecule has 1 aromatic rings. The summed E-state index contributed by atoms with van der Waals surface area (Å²) in [5.41, 5.74) is 1.64. The summed E-state index contributed by atoms with van der Waals surface area (Å²) in [4.78, 5) is 0. The highest BCUT2D eigenvalue weighted by atomic mass is 15.4. The largest absolute Gasteiger partial charge is 0.247 e. The Hall–Kier alpha value is -0.860. The van der Waals surface area contributed by atoms with Crippen LogP contribution in [0.25, 0.3) is 0 Å². The van der Waals surface area contributed by atoms with E-state index in [2.05, 4.69) is 104 Å². The average Bonchev–Trinajstić information content (AvgIpc) is 2.86. The first-order valence-corrected chi connectivity index (χ1v) is 9.95.